The Morgan fingerprint density at radius 2 is 2.05 bits per heavy atom. The first-order chi connectivity index (χ1) is 9.61. The molecule has 1 aromatic carbocycles. The Bertz CT molecular complexity index is 542. The van der Waals surface area contributed by atoms with Gasteiger partial charge in [-0.25, -0.2) is 0 Å². The van der Waals surface area contributed by atoms with E-state index in [4.69, 9.17) is 21.1 Å². The molecule has 0 radical (unpaired) electrons. The van der Waals surface area contributed by atoms with Crippen molar-refractivity contribution in [1.82, 2.24) is 0 Å². The first kappa shape index (κ1) is 13.6. The minimum Gasteiger partial charge on any atom is -0.454 e. The number of benzene rings is 1. The van der Waals surface area contributed by atoms with Crippen LogP contribution in [0.5, 0.6) is 11.5 Å². The topological polar surface area (TPSA) is 30.5 Å². The van der Waals surface area contributed by atoms with Crippen LogP contribution in [0.4, 0.5) is 5.69 Å². The Kier molecular flexibility index (Phi) is 3.79. The van der Waals surface area contributed by atoms with Crippen molar-refractivity contribution in [3.63, 3.8) is 0 Å². The molecule has 20 heavy (non-hydrogen) atoms. The Balaban J connectivity index is 1.66. The number of rotatable bonds is 3. The summed E-state index contributed by atoms with van der Waals surface area (Å²) in [5.74, 6) is 2.83. The zero-order chi connectivity index (χ0) is 14.1. The van der Waals surface area contributed by atoms with E-state index in [9.17, 15) is 0 Å². The van der Waals surface area contributed by atoms with Gasteiger partial charge in [0.05, 0.1) is 10.7 Å². The summed E-state index contributed by atoms with van der Waals surface area (Å²) in [5.41, 5.74) is 2.42. The van der Waals surface area contributed by atoms with E-state index in [0.717, 1.165) is 23.7 Å². The lowest BCUT2D eigenvalue weighted by atomic mass is 9.84. The van der Waals surface area contributed by atoms with Gasteiger partial charge < -0.3 is 14.8 Å². The van der Waals surface area contributed by atoms with E-state index < -0.39 is 0 Å². The van der Waals surface area contributed by atoms with Crippen molar-refractivity contribution < 1.29 is 9.47 Å². The predicted octanol–water partition coefficient (Wildman–Crippen LogP) is 4.47. The molecule has 2 unspecified atom stereocenters. The van der Waals surface area contributed by atoms with E-state index in [0.29, 0.717) is 16.9 Å². The first-order valence-electron chi connectivity index (χ1n) is 7.12. The molecule has 1 aliphatic heterocycles. The van der Waals surface area contributed by atoms with Crippen LogP contribution in [0.25, 0.3) is 0 Å². The van der Waals surface area contributed by atoms with Crippen LogP contribution in [0.3, 0.4) is 0 Å². The van der Waals surface area contributed by atoms with Crippen LogP contribution < -0.4 is 14.8 Å². The van der Waals surface area contributed by atoms with Gasteiger partial charge in [-0.1, -0.05) is 30.2 Å². The van der Waals surface area contributed by atoms with Gasteiger partial charge in [-0.3, -0.25) is 0 Å². The average Bonchev–Trinajstić information content (AvgIpc) is 2.81. The number of nitrogens with one attached hydrogen (secondary N) is 1. The summed E-state index contributed by atoms with van der Waals surface area (Å²) in [6.07, 6.45) is 4.77. The molecule has 108 valence electrons. The van der Waals surface area contributed by atoms with E-state index in [2.05, 4.69) is 25.2 Å². The third-order valence-corrected chi connectivity index (χ3v) is 4.24. The van der Waals surface area contributed by atoms with Crippen LogP contribution in [0, 0.1) is 11.8 Å². The van der Waals surface area contributed by atoms with Gasteiger partial charge in [0.1, 0.15) is 0 Å². The molecule has 1 aromatic rings. The van der Waals surface area contributed by atoms with Gasteiger partial charge in [-0.15, -0.1) is 0 Å². The molecule has 0 spiro atoms. The van der Waals surface area contributed by atoms with Crippen molar-refractivity contribution in [3.8, 4) is 11.5 Å². The van der Waals surface area contributed by atoms with E-state index in [1.54, 1.807) is 0 Å². The molecule has 3 rings (SSSR count). The normalized spacial score (nSPS) is 24.4. The van der Waals surface area contributed by atoms with Crippen LogP contribution in [0.15, 0.2) is 23.8 Å². The first-order valence-corrected chi connectivity index (χ1v) is 7.50. The van der Waals surface area contributed by atoms with Gasteiger partial charge >= 0.3 is 0 Å². The number of ether oxygens (including phenoxy) is 2. The highest BCUT2D eigenvalue weighted by atomic mass is 35.5. The van der Waals surface area contributed by atoms with Gasteiger partial charge in [-0.05, 0) is 31.6 Å². The molecule has 1 aliphatic carbocycles. The van der Waals surface area contributed by atoms with Crippen LogP contribution in [0.2, 0.25) is 5.02 Å². The van der Waals surface area contributed by atoms with Gasteiger partial charge in [0.25, 0.3) is 0 Å². The minimum atomic E-state index is 0.277. The molecule has 3 nitrogen and oxygen atoms in total. The molecule has 0 bridgehead atoms. The number of fused-ring (bicyclic) bond motifs is 1. The zero-order valence-electron chi connectivity index (χ0n) is 11.9. The lowest BCUT2D eigenvalue weighted by Gasteiger charge is -2.26. The number of anilines is 1. The van der Waals surface area contributed by atoms with E-state index >= 15 is 0 Å². The Morgan fingerprint density at radius 3 is 2.80 bits per heavy atom. The second kappa shape index (κ2) is 5.57. The zero-order valence-corrected chi connectivity index (χ0v) is 12.7. The van der Waals surface area contributed by atoms with E-state index in [-0.39, 0.29) is 6.79 Å². The molecule has 1 N–H and O–H groups in total. The summed E-state index contributed by atoms with van der Waals surface area (Å²) in [7, 11) is 0. The molecule has 2 atom stereocenters. The third-order valence-electron chi connectivity index (χ3n) is 3.93. The lowest BCUT2D eigenvalue weighted by molar-refractivity contribution is 0.174. The summed E-state index contributed by atoms with van der Waals surface area (Å²) in [6, 6.07) is 3.75. The maximum Gasteiger partial charge on any atom is 0.231 e. The Labute approximate surface area is 124 Å². The molecular weight excluding hydrogens is 274 g/mol. The van der Waals surface area contributed by atoms with Crippen LogP contribution in [-0.2, 0) is 0 Å². The second-order valence-corrected chi connectivity index (χ2v) is 6.27. The van der Waals surface area contributed by atoms with Crippen molar-refractivity contribution in [3.05, 3.63) is 28.8 Å². The molecule has 0 saturated heterocycles. The molecule has 1 heterocycles. The predicted molar refractivity (Wildman–Crippen MR) is 81.7 cm³/mol. The quantitative estimate of drug-likeness (QED) is 0.834. The summed E-state index contributed by atoms with van der Waals surface area (Å²) >= 11 is 6.27. The fourth-order valence-electron chi connectivity index (χ4n) is 3.15. The number of allylic oxidation sites excluding steroid dienone is 2. The second-order valence-electron chi connectivity index (χ2n) is 5.86. The number of hydrogen-bond acceptors (Lipinski definition) is 3. The SMILES string of the molecule is CC1=CC(C)CC(CNc2cc3c(cc2Cl)OCO3)C1. The molecule has 0 fully saturated rings. The highest BCUT2D eigenvalue weighted by Gasteiger charge is 2.20. The largest absolute Gasteiger partial charge is 0.454 e. The summed E-state index contributed by atoms with van der Waals surface area (Å²) < 4.78 is 10.7. The minimum absolute atomic E-state index is 0.277. The van der Waals surface area contributed by atoms with Gasteiger partial charge in [0.2, 0.25) is 6.79 Å². The Morgan fingerprint density at radius 1 is 1.30 bits per heavy atom. The monoisotopic (exact) mass is 293 g/mol. The van der Waals surface area contributed by atoms with Crippen LogP contribution in [0.1, 0.15) is 26.7 Å². The smallest absolute Gasteiger partial charge is 0.231 e. The summed E-state index contributed by atoms with van der Waals surface area (Å²) in [6.45, 7) is 5.72. The van der Waals surface area contributed by atoms with Gasteiger partial charge in [0.15, 0.2) is 11.5 Å². The molecule has 0 saturated carbocycles. The molecule has 0 aromatic heterocycles. The van der Waals surface area contributed by atoms with Crippen molar-refractivity contribution >= 4 is 17.3 Å². The lowest BCUT2D eigenvalue weighted by Crippen LogP contribution is -2.20. The third kappa shape index (κ3) is 2.88. The van der Waals surface area contributed by atoms with Gasteiger partial charge in [-0.2, -0.15) is 0 Å². The highest BCUT2D eigenvalue weighted by molar-refractivity contribution is 6.33. The fourth-order valence-corrected chi connectivity index (χ4v) is 3.37. The van der Waals surface area contributed by atoms with E-state index in [1.165, 1.54) is 18.4 Å². The van der Waals surface area contributed by atoms with Crippen molar-refractivity contribution in [2.45, 2.75) is 26.7 Å². The molecule has 4 heteroatoms. The highest BCUT2D eigenvalue weighted by Crippen LogP contribution is 2.39. The van der Waals surface area contributed by atoms with Crippen molar-refractivity contribution in [1.29, 1.82) is 0 Å². The molecule has 2 aliphatic rings. The van der Waals surface area contributed by atoms with Gasteiger partial charge in [0, 0.05) is 18.7 Å². The fraction of sp³-hybridized carbons (Fsp3) is 0.500. The summed E-state index contributed by atoms with van der Waals surface area (Å²) in [4.78, 5) is 0. The average molecular weight is 294 g/mol. The maximum atomic E-state index is 6.27. The molecular formula is C16H20ClNO2. The molecule has 0 amide bonds. The van der Waals surface area contributed by atoms with Crippen molar-refractivity contribution in [2.75, 3.05) is 18.7 Å². The van der Waals surface area contributed by atoms with E-state index in [1.807, 2.05) is 12.1 Å². The Hall–Kier alpha value is -1.35. The number of hydrogen-bond donors (Lipinski definition) is 1. The standard InChI is InChI=1S/C16H20ClNO2/c1-10-3-11(2)5-12(4-10)8-18-14-7-16-15(6-13(14)17)19-9-20-16/h3,6-7,10,12,18H,4-5,8-9H2,1-2H3. The van der Waals surface area contributed by atoms with Crippen LogP contribution >= 0.6 is 11.6 Å². The summed E-state index contributed by atoms with van der Waals surface area (Å²) in [5, 5.41) is 4.14. The maximum absolute atomic E-state index is 6.27. The number of halogens is 1. The van der Waals surface area contributed by atoms with Crippen molar-refractivity contribution in [2.24, 2.45) is 11.8 Å². The van der Waals surface area contributed by atoms with Crippen LogP contribution in [-0.4, -0.2) is 13.3 Å².